The van der Waals surface area contributed by atoms with Crippen LogP contribution < -0.4 is 10.9 Å². The lowest BCUT2D eigenvalue weighted by Gasteiger charge is -2.11. The first-order chi connectivity index (χ1) is 10.9. The van der Waals surface area contributed by atoms with E-state index in [-0.39, 0.29) is 23.3 Å². The Bertz CT molecular complexity index is 826. The van der Waals surface area contributed by atoms with Crippen molar-refractivity contribution in [2.24, 2.45) is 0 Å². The van der Waals surface area contributed by atoms with E-state index < -0.39 is 0 Å². The van der Waals surface area contributed by atoms with E-state index in [2.05, 4.69) is 35.4 Å². The van der Waals surface area contributed by atoms with Gasteiger partial charge in [-0.1, -0.05) is 17.7 Å². The van der Waals surface area contributed by atoms with Crippen LogP contribution in [0.2, 0.25) is 0 Å². The predicted octanol–water partition coefficient (Wildman–Crippen LogP) is 2.63. The van der Waals surface area contributed by atoms with Crippen LogP contribution in [0, 0.1) is 20.8 Å². The van der Waals surface area contributed by atoms with E-state index in [0.29, 0.717) is 5.56 Å². The largest absolute Gasteiger partial charge is 0.351 e. The van der Waals surface area contributed by atoms with Crippen LogP contribution in [0.4, 0.5) is 0 Å². The van der Waals surface area contributed by atoms with Crippen molar-refractivity contribution in [2.45, 2.75) is 43.9 Å². The van der Waals surface area contributed by atoms with Crippen molar-refractivity contribution >= 4 is 17.7 Å². The zero-order chi connectivity index (χ0) is 16.6. The molecule has 0 bridgehead atoms. The number of nitrogens with one attached hydrogen (secondary N) is 2. The van der Waals surface area contributed by atoms with Gasteiger partial charge in [-0.25, -0.2) is 0 Å². The molecular weight excluding hydrogens is 308 g/mol. The second kappa shape index (κ2) is 6.24. The van der Waals surface area contributed by atoms with Gasteiger partial charge in [0.25, 0.3) is 5.56 Å². The molecule has 2 aromatic rings. The molecule has 5 heteroatoms. The van der Waals surface area contributed by atoms with Gasteiger partial charge in [0.15, 0.2) is 0 Å². The summed E-state index contributed by atoms with van der Waals surface area (Å²) in [6.45, 7) is 6.07. The average Bonchev–Trinajstić information content (AvgIpc) is 2.88. The molecule has 1 amide bonds. The number of fused-ring (bicyclic) bond motifs is 1. The fourth-order valence-electron chi connectivity index (χ4n) is 2.87. The highest BCUT2D eigenvalue weighted by atomic mass is 32.2. The standard InChI is InChI=1S/C18H20N2O2S/c1-10-4-5-13-8-16(23-15(13)6-10)18(22)19-9-14-11(2)7-12(3)20-17(14)21/h4-7,16H,8-9H2,1-3H3,(H,19,22)(H,20,21)/t16-/m0/s1. The van der Waals surface area contributed by atoms with Crippen LogP contribution in [0.3, 0.4) is 0 Å². The Kier molecular flexibility index (Phi) is 4.31. The lowest BCUT2D eigenvalue weighted by atomic mass is 10.1. The smallest absolute Gasteiger partial charge is 0.253 e. The molecule has 0 spiro atoms. The molecule has 0 saturated heterocycles. The Morgan fingerprint density at radius 2 is 2.09 bits per heavy atom. The molecule has 0 aliphatic carbocycles. The number of carbonyl (C=O) groups is 1. The molecule has 120 valence electrons. The van der Waals surface area contributed by atoms with E-state index in [1.807, 2.05) is 19.9 Å². The quantitative estimate of drug-likeness (QED) is 0.910. The number of thioether (sulfide) groups is 1. The number of rotatable bonds is 3. The summed E-state index contributed by atoms with van der Waals surface area (Å²) in [5.74, 6) is -0.0109. The summed E-state index contributed by atoms with van der Waals surface area (Å²) in [6, 6.07) is 8.22. The SMILES string of the molecule is Cc1ccc2c(c1)S[C@H](C(=O)NCc1c(C)cc(C)[nH]c1=O)C2. The molecule has 3 rings (SSSR count). The van der Waals surface area contributed by atoms with Crippen molar-refractivity contribution in [3.05, 3.63) is 62.6 Å². The average molecular weight is 328 g/mol. The molecule has 1 aliphatic heterocycles. The lowest BCUT2D eigenvalue weighted by Crippen LogP contribution is -2.34. The maximum Gasteiger partial charge on any atom is 0.253 e. The summed E-state index contributed by atoms with van der Waals surface area (Å²) in [5, 5.41) is 2.80. The van der Waals surface area contributed by atoms with E-state index >= 15 is 0 Å². The number of benzene rings is 1. The Hall–Kier alpha value is -2.01. The molecule has 1 aromatic carbocycles. The Morgan fingerprint density at radius 3 is 2.83 bits per heavy atom. The predicted molar refractivity (Wildman–Crippen MR) is 92.9 cm³/mol. The van der Waals surface area contributed by atoms with Crippen LogP contribution in [-0.2, 0) is 17.8 Å². The number of pyridine rings is 1. The third-order valence-electron chi connectivity index (χ3n) is 4.12. The molecule has 1 aliphatic rings. The van der Waals surface area contributed by atoms with Gasteiger partial charge >= 0.3 is 0 Å². The van der Waals surface area contributed by atoms with Crippen LogP contribution in [0.5, 0.6) is 0 Å². The minimum absolute atomic E-state index is 0.0109. The van der Waals surface area contributed by atoms with Gasteiger partial charge in [-0.3, -0.25) is 9.59 Å². The summed E-state index contributed by atoms with van der Waals surface area (Å²) < 4.78 is 0. The normalized spacial score (nSPS) is 16.2. The van der Waals surface area contributed by atoms with Gasteiger partial charge < -0.3 is 10.3 Å². The number of hydrogen-bond donors (Lipinski definition) is 2. The third kappa shape index (κ3) is 3.34. The molecule has 4 nitrogen and oxygen atoms in total. The summed E-state index contributed by atoms with van der Waals surface area (Å²) in [7, 11) is 0. The first kappa shape index (κ1) is 15.9. The van der Waals surface area contributed by atoms with Gasteiger partial charge in [0.05, 0.1) is 5.25 Å². The molecule has 0 saturated carbocycles. The first-order valence-electron chi connectivity index (χ1n) is 7.67. The Labute approximate surface area is 139 Å². The highest BCUT2D eigenvalue weighted by molar-refractivity contribution is 8.01. The van der Waals surface area contributed by atoms with Gasteiger partial charge in [0.1, 0.15) is 0 Å². The van der Waals surface area contributed by atoms with Crippen molar-refractivity contribution < 1.29 is 4.79 Å². The first-order valence-corrected chi connectivity index (χ1v) is 8.55. The molecule has 1 aromatic heterocycles. The third-order valence-corrected chi connectivity index (χ3v) is 5.42. The molecule has 1 atom stereocenters. The fraction of sp³-hybridized carbons (Fsp3) is 0.333. The van der Waals surface area contributed by atoms with Gasteiger partial charge in [-0.15, -0.1) is 11.8 Å². The number of carbonyl (C=O) groups excluding carboxylic acids is 1. The second-order valence-corrected chi connectivity index (χ2v) is 7.33. The van der Waals surface area contributed by atoms with E-state index in [4.69, 9.17) is 0 Å². The topological polar surface area (TPSA) is 62.0 Å². The highest BCUT2D eigenvalue weighted by Gasteiger charge is 2.28. The van der Waals surface area contributed by atoms with Crippen molar-refractivity contribution in [3.63, 3.8) is 0 Å². The van der Waals surface area contributed by atoms with Gasteiger partial charge in [-0.05, 0) is 50.5 Å². The number of aromatic amines is 1. The van der Waals surface area contributed by atoms with E-state index in [1.165, 1.54) is 16.0 Å². The highest BCUT2D eigenvalue weighted by Crippen LogP contribution is 2.37. The van der Waals surface area contributed by atoms with Crippen molar-refractivity contribution in [2.75, 3.05) is 0 Å². The maximum atomic E-state index is 12.4. The van der Waals surface area contributed by atoms with Crippen molar-refractivity contribution in [1.29, 1.82) is 0 Å². The minimum Gasteiger partial charge on any atom is -0.351 e. The summed E-state index contributed by atoms with van der Waals surface area (Å²) in [6.07, 6.45) is 0.745. The molecular formula is C18H20N2O2S. The van der Waals surface area contributed by atoms with Gasteiger partial charge in [0.2, 0.25) is 5.91 Å². The number of aromatic nitrogens is 1. The number of H-pyrrole nitrogens is 1. The lowest BCUT2D eigenvalue weighted by molar-refractivity contribution is -0.120. The fourth-order valence-corrected chi connectivity index (χ4v) is 4.19. The second-order valence-electron chi connectivity index (χ2n) is 6.08. The monoisotopic (exact) mass is 328 g/mol. The molecule has 2 heterocycles. The maximum absolute atomic E-state index is 12.4. The Balaban J connectivity index is 1.67. The van der Waals surface area contributed by atoms with Crippen LogP contribution >= 0.6 is 11.8 Å². The van der Waals surface area contributed by atoms with Crippen LogP contribution in [0.1, 0.15) is 27.9 Å². The summed E-state index contributed by atoms with van der Waals surface area (Å²) in [5.41, 5.74) is 4.68. The minimum atomic E-state index is -0.124. The molecule has 0 unspecified atom stereocenters. The summed E-state index contributed by atoms with van der Waals surface area (Å²) >= 11 is 1.61. The number of hydrogen-bond acceptors (Lipinski definition) is 3. The van der Waals surface area contributed by atoms with Crippen LogP contribution in [0.25, 0.3) is 0 Å². The van der Waals surface area contributed by atoms with E-state index in [9.17, 15) is 9.59 Å². The zero-order valence-electron chi connectivity index (χ0n) is 13.5. The Morgan fingerprint density at radius 1 is 1.30 bits per heavy atom. The molecule has 2 N–H and O–H groups in total. The van der Waals surface area contributed by atoms with E-state index in [0.717, 1.165) is 17.7 Å². The molecule has 0 radical (unpaired) electrons. The summed E-state index contributed by atoms with van der Waals surface area (Å²) in [4.78, 5) is 28.4. The number of aryl methyl sites for hydroxylation is 3. The van der Waals surface area contributed by atoms with E-state index in [1.54, 1.807) is 11.8 Å². The molecule has 0 fully saturated rings. The van der Waals surface area contributed by atoms with Crippen LogP contribution in [-0.4, -0.2) is 16.1 Å². The van der Waals surface area contributed by atoms with Gasteiger partial charge in [0, 0.05) is 22.7 Å². The van der Waals surface area contributed by atoms with Crippen molar-refractivity contribution in [3.8, 4) is 0 Å². The van der Waals surface area contributed by atoms with Crippen molar-refractivity contribution in [1.82, 2.24) is 10.3 Å². The van der Waals surface area contributed by atoms with Crippen LogP contribution in [0.15, 0.2) is 34.0 Å². The van der Waals surface area contributed by atoms with Gasteiger partial charge in [-0.2, -0.15) is 0 Å². The number of amides is 1. The zero-order valence-corrected chi connectivity index (χ0v) is 14.3. The molecule has 23 heavy (non-hydrogen) atoms.